The van der Waals surface area contributed by atoms with Gasteiger partial charge >= 0.3 is 12.1 Å². The number of nitrogens with two attached hydrogens (primary N) is 1. The monoisotopic (exact) mass is 499 g/mol. The molecule has 3 aromatic rings. The number of benzene rings is 3. The Morgan fingerprint density at radius 3 is 2.08 bits per heavy atom. The highest BCUT2D eigenvalue weighted by atomic mass is 19.4. The fourth-order valence-corrected chi connectivity index (χ4v) is 4.17. The Morgan fingerprint density at radius 2 is 1.50 bits per heavy atom. The fraction of sp³-hybridized carbons (Fsp3) is 0.321. The SMILES string of the molecule is NCc1ccc(-c2ccccc2CNC2CCN(Cc3ccccc3)CC2)cc1.O=C(O)C(F)(F)F. The number of nitrogens with one attached hydrogen (secondary N) is 1. The van der Waals surface area contributed by atoms with Crippen LogP contribution in [0.2, 0.25) is 0 Å². The number of aliphatic carboxylic acids is 1. The van der Waals surface area contributed by atoms with Crippen LogP contribution in [0, 0.1) is 0 Å². The number of carbonyl (C=O) groups is 1. The number of nitrogens with zero attached hydrogens (tertiary/aromatic N) is 1. The van der Waals surface area contributed by atoms with Crippen molar-refractivity contribution in [1.82, 2.24) is 10.2 Å². The maximum atomic E-state index is 10.6. The number of likely N-dealkylation sites (tertiary alicyclic amines) is 1. The molecule has 1 heterocycles. The molecular formula is C28H32F3N3O2. The van der Waals surface area contributed by atoms with Gasteiger partial charge in [-0.2, -0.15) is 13.2 Å². The van der Waals surface area contributed by atoms with Gasteiger partial charge in [-0.25, -0.2) is 4.79 Å². The molecule has 1 fully saturated rings. The van der Waals surface area contributed by atoms with Gasteiger partial charge in [-0.05, 0) is 53.7 Å². The lowest BCUT2D eigenvalue weighted by Crippen LogP contribution is -2.41. The van der Waals surface area contributed by atoms with Gasteiger partial charge in [0.2, 0.25) is 0 Å². The third-order valence-electron chi connectivity index (χ3n) is 6.18. The molecule has 0 aromatic heterocycles. The predicted molar refractivity (Wildman–Crippen MR) is 135 cm³/mol. The zero-order chi connectivity index (χ0) is 26.0. The largest absolute Gasteiger partial charge is 0.490 e. The third-order valence-corrected chi connectivity index (χ3v) is 6.18. The van der Waals surface area contributed by atoms with E-state index in [4.69, 9.17) is 15.6 Å². The molecule has 36 heavy (non-hydrogen) atoms. The summed E-state index contributed by atoms with van der Waals surface area (Å²) in [5.74, 6) is -2.76. The molecule has 0 radical (unpaired) electrons. The molecule has 4 rings (SSSR count). The first-order valence-electron chi connectivity index (χ1n) is 11.9. The van der Waals surface area contributed by atoms with Crippen molar-refractivity contribution in [1.29, 1.82) is 0 Å². The molecule has 1 aliphatic heterocycles. The summed E-state index contributed by atoms with van der Waals surface area (Å²) in [6.45, 7) is 4.89. The molecule has 5 nitrogen and oxygen atoms in total. The first-order chi connectivity index (χ1) is 17.3. The molecule has 4 N–H and O–H groups in total. The third kappa shape index (κ3) is 8.48. The highest BCUT2D eigenvalue weighted by Crippen LogP contribution is 2.25. The standard InChI is InChI=1S/C26H31N3.C2HF3O2/c27-18-21-10-12-23(13-11-21)26-9-5-4-8-24(26)19-28-25-14-16-29(17-15-25)20-22-6-2-1-3-7-22;3-2(4,5)1(6)7/h1-13,25,28H,14-20,27H2;(H,6,7). The fourth-order valence-electron chi connectivity index (χ4n) is 4.17. The Hall–Kier alpha value is -3.20. The molecule has 192 valence electrons. The van der Waals surface area contributed by atoms with Crippen molar-refractivity contribution in [2.24, 2.45) is 5.73 Å². The summed E-state index contributed by atoms with van der Waals surface area (Å²) in [6, 6.07) is 28.7. The minimum atomic E-state index is -5.08. The lowest BCUT2D eigenvalue weighted by molar-refractivity contribution is -0.192. The molecular weight excluding hydrogens is 467 g/mol. The minimum Gasteiger partial charge on any atom is -0.475 e. The van der Waals surface area contributed by atoms with Crippen LogP contribution >= 0.6 is 0 Å². The van der Waals surface area contributed by atoms with Crippen LogP contribution in [0.15, 0.2) is 78.9 Å². The van der Waals surface area contributed by atoms with Crippen LogP contribution in [0.1, 0.15) is 29.5 Å². The second-order valence-electron chi connectivity index (χ2n) is 8.78. The van der Waals surface area contributed by atoms with E-state index in [0.717, 1.165) is 26.2 Å². The normalized spacial score (nSPS) is 14.7. The van der Waals surface area contributed by atoms with Crippen molar-refractivity contribution < 1.29 is 23.1 Å². The second-order valence-corrected chi connectivity index (χ2v) is 8.78. The lowest BCUT2D eigenvalue weighted by Gasteiger charge is -2.32. The minimum absolute atomic E-state index is 0.590. The molecule has 0 unspecified atom stereocenters. The molecule has 0 bridgehead atoms. The lowest BCUT2D eigenvalue weighted by atomic mass is 9.97. The summed E-state index contributed by atoms with van der Waals surface area (Å²) >= 11 is 0. The number of carboxylic acids is 1. The van der Waals surface area contributed by atoms with Crippen LogP contribution in [-0.4, -0.2) is 41.3 Å². The molecule has 0 atom stereocenters. The van der Waals surface area contributed by atoms with Gasteiger partial charge in [0.15, 0.2) is 0 Å². The van der Waals surface area contributed by atoms with Crippen molar-refractivity contribution in [2.45, 2.75) is 44.7 Å². The number of carboxylic acid groups (broad SMARTS) is 1. The molecule has 3 aromatic carbocycles. The van der Waals surface area contributed by atoms with Gasteiger partial charge in [0.25, 0.3) is 0 Å². The molecule has 0 saturated carbocycles. The summed E-state index contributed by atoms with van der Waals surface area (Å²) in [6.07, 6.45) is -2.67. The molecule has 0 spiro atoms. The van der Waals surface area contributed by atoms with Gasteiger partial charge < -0.3 is 16.2 Å². The highest BCUT2D eigenvalue weighted by Gasteiger charge is 2.38. The summed E-state index contributed by atoms with van der Waals surface area (Å²) in [4.78, 5) is 11.5. The number of hydrogen-bond donors (Lipinski definition) is 3. The smallest absolute Gasteiger partial charge is 0.475 e. The number of halogens is 3. The predicted octanol–water partition coefficient (Wildman–Crippen LogP) is 5.20. The maximum Gasteiger partial charge on any atom is 0.490 e. The second kappa shape index (κ2) is 13.2. The first-order valence-corrected chi connectivity index (χ1v) is 11.9. The average Bonchev–Trinajstić information content (AvgIpc) is 2.89. The first kappa shape index (κ1) is 27.4. The highest BCUT2D eigenvalue weighted by molar-refractivity contribution is 5.73. The van der Waals surface area contributed by atoms with E-state index >= 15 is 0 Å². The zero-order valence-electron chi connectivity index (χ0n) is 20.0. The number of hydrogen-bond acceptors (Lipinski definition) is 4. The van der Waals surface area contributed by atoms with Crippen LogP contribution in [-0.2, 0) is 24.4 Å². The van der Waals surface area contributed by atoms with E-state index < -0.39 is 12.1 Å². The van der Waals surface area contributed by atoms with Gasteiger partial charge in [-0.3, -0.25) is 4.90 Å². The average molecular weight is 500 g/mol. The zero-order valence-corrected chi connectivity index (χ0v) is 20.0. The summed E-state index contributed by atoms with van der Waals surface area (Å²) in [7, 11) is 0. The maximum absolute atomic E-state index is 10.6. The van der Waals surface area contributed by atoms with Crippen LogP contribution < -0.4 is 11.1 Å². The molecule has 0 amide bonds. The van der Waals surface area contributed by atoms with Crippen LogP contribution in [0.3, 0.4) is 0 Å². The molecule has 8 heteroatoms. The van der Waals surface area contributed by atoms with E-state index in [1.165, 1.54) is 40.7 Å². The molecule has 1 aliphatic rings. The van der Waals surface area contributed by atoms with E-state index in [2.05, 4.69) is 89.1 Å². The van der Waals surface area contributed by atoms with Crippen molar-refractivity contribution in [3.05, 3.63) is 95.6 Å². The molecule has 1 saturated heterocycles. The van der Waals surface area contributed by atoms with E-state index in [-0.39, 0.29) is 0 Å². The van der Waals surface area contributed by atoms with Gasteiger partial charge in [0.05, 0.1) is 0 Å². The summed E-state index contributed by atoms with van der Waals surface area (Å²) in [5, 5.41) is 10.9. The number of alkyl halides is 3. The Balaban J connectivity index is 0.000000454. The van der Waals surface area contributed by atoms with Crippen molar-refractivity contribution >= 4 is 5.97 Å². The van der Waals surface area contributed by atoms with Crippen molar-refractivity contribution in [2.75, 3.05) is 13.1 Å². The molecule has 0 aliphatic carbocycles. The Morgan fingerprint density at radius 1 is 0.917 bits per heavy atom. The van der Waals surface area contributed by atoms with E-state index in [1.54, 1.807) is 0 Å². The Kier molecular flexibility index (Phi) is 10.0. The Bertz CT molecular complexity index is 1080. The number of rotatable bonds is 7. The van der Waals surface area contributed by atoms with Crippen LogP contribution in [0.25, 0.3) is 11.1 Å². The topological polar surface area (TPSA) is 78.6 Å². The van der Waals surface area contributed by atoms with Crippen molar-refractivity contribution in [3.8, 4) is 11.1 Å². The summed E-state index contributed by atoms with van der Waals surface area (Å²) < 4.78 is 31.7. The van der Waals surface area contributed by atoms with Gasteiger partial charge in [-0.15, -0.1) is 0 Å². The Labute approximate surface area is 209 Å². The van der Waals surface area contributed by atoms with E-state index in [0.29, 0.717) is 12.6 Å². The van der Waals surface area contributed by atoms with Crippen LogP contribution in [0.4, 0.5) is 13.2 Å². The quantitative estimate of drug-likeness (QED) is 0.417. The van der Waals surface area contributed by atoms with Gasteiger partial charge in [0.1, 0.15) is 0 Å². The van der Waals surface area contributed by atoms with Crippen LogP contribution in [0.5, 0.6) is 0 Å². The van der Waals surface area contributed by atoms with Gasteiger partial charge in [0, 0.05) is 25.7 Å². The number of piperidine rings is 1. The van der Waals surface area contributed by atoms with E-state index in [1.807, 2.05) is 0 Å². The summed E-state index contributed by atoms with van der Waals surface area (Å²) in [5.41, 5.74) is 12.3. The van der Waals surface area contributed by atoms with Crippen molar-refractivity contribution in [3.63, 3.8) is 0 Å². The van der Waals surface area contributed by atoms with E-state index in [9.17, 15) is 13.2 Å². The van der Waals surface area contributed by atoms with Gasteiger partial charge in [-0.1, -0.05) is 78.9 Å².